The van der Waals surface area contributed by atoms with Crippen molar-refractivity contribution in [1.29, 1.82) is 0 Å². The summed E-state index contributed by atoms with van der Waals surface area (Å²) >= 11 is 0. The van der Waals surface area contributed by atoms with Gasteiger partial charge in [-0.1, -0.05) is 30.6 Å². The third kappa shape index (κ3) is 4.33. The summed E-state index contributed by atoms with van der Waals surface area (Å²) in [6, 6.07) is 16.3. The summed E-state index contributed by atoms with van der Waals surface area (Å²) in [6.45, 7) is 5.11. The number of nitrogens with zero attached hydrogens (tertiary/aromatic N) is 4. The third-order valence-corrected chi connectivity index (χ3v) is 6.57. The van der Waals surface area contributed by atoms with Gasteiger partial charge in [0.1, 0.15) is 0 Å². The molecule has 0 spiro atoms. The molecule has 1 saturated heterocycles. The Bertz CT molecular complexity index is 1050. The van der Waals surface area contributed by atoms with E-state index in [9.17, 15) is 4.79 Å². The van der Waals surface area contributed by atoms with Crippen LogP contribution in [0.4, 0.5) is 16.2 Å². The van der Waals surface area contributed by atoms with E-state index in [1.807, 2.05) is 29.2 Å². The van der Waals surface area contributed by atoms with Crippen LogP contribution in [0.2, 0.25) is 0 Å². The van der Waals surface area contributed by atoms with Crippen LogP contribution in [0.15, 0.2) is 53.1 Å². The maximum absolute atomic E-state index is 12.6. The molecule has 0 atom stereocenters. The van der Waals surface area contributed by atoms with Crippen LogP contribution < -0.4 is 10.2 Å². The van der Waals surface area contributed by atoms with Crippen molar-refractivity contribution in [3.8, 4) is 11.4 Å². The number of aromatic nitrogens is 2. The Labute approximate surface area is 188 Å². The molecule has 1 aliphatic carbocycles. The van der Waals surface area contributed by atoms with Crippen LogP contribution in [-0.4, -0.2) is 47.3 Å². The summed E-state index contributed by atoms with van der Waals surface area (Å²) in [5.41, 5.74) is 4.22. The number of nitrogens with one attached hydrogen (secondary N) is 1. The summed E-state index contributed by atoms with van der Waals surface area (Å²) < 4.78 is 5.44. The normalized spacial score (nSPS) is 16.7. The van der Waals surface area contributed by atoms with Gasteiger partial charge in [0.2, 0.25) is 11.7 Å². The molecule has 1 N–H and O–H groups in total. The van der Waals surface area contributed by atoms with Gasteiger partial charge in [0.25, 0.3) is 0 Å². The highest BCUT2D eigenvalue weighted by atomic mass is 16.5. The van der Waals surface area contributed by atoms with Gasteiger partial charge >= 0.3 is 6.03 Å². The molecule has 7 heteroatoms. The standard InChI is InChI=1S/C25H29N5O2/c1-2-18-6-10-21(11-7-18)26-25(31)30-16-14-29(15-17-30)22-12-8-19(9-13-22)23-27-24(32-28-23)20-4-3-5-20/h6-13,20H,2-5,14-17H2,1H3,(H,26,31). The Morgan fingerprint density at radius 3 is 2.38 bits per heavy atom. The molecule has 3 aromatic rings. The molecule has 2 aliphatic rings. The Kier molecular flexibility index (Phi) is 5.79. The number of carbonyl (C=O) groups is 1. The fourth-order valence-electron chi connectivity index (χ4n) is 4.19. The van der Waals surface area contributed by atoms with Crippen LogP contribution in [0.5, 0.6) is 0 Å². The average Bonchev–Trinajstić information content (AvgIpc) is 3.28. The van der Waals surface area contributed by atoms with Gasteiger partial charge in [-0.15, -0.1) is 0 Å². The van der Waals surface area contributed by atoms with Crippen molar-refractivity contribution in [3.63, 3.8) is 0 Å². The van der Waals surface area contributed by atoms with E-state index in [2.05, 4.69) is 51.5 Å². The Hall–Kier alpha value is -3.35. The third-order valence-electron chi connectivity index (χ3n) is 6.57. The molecule has 0 bridgehead atoms. The minimum atomic E-state index is -0.0383. The lowest BCUT2D eigenvalue weighted by molar-refractivity contribution is 0.208. The summed E-state index contributed by atoms with van der Waals surface area (Å²) in [4.78, 5) is 21.4. The number of hydrogen-bond acceptors (Lipinski definition) is 5. The summed E-state index contributed by atoms with van der Waals surface area (Å²) in [5, 5.41) is 7.16. The zero-order chi connectivity index (χ0) is 21.9. The summed E-state index contributed by atoms with van der Waals surface area (Å²) in [6.07, 6.45) is 4.54. The Morgan fingerprint density at radius 2 is 1.75 bits per heavy atom. The van der Waals surface area contributed by atoms with Gasteiger partial charge < -0.3 is 19.6 Å². The summed E-state index contributed by atoms with van der Waals surface area (Å²) in [5.74, 6) is 1.87. The lowest BCUT2D eigenvalue weighted by Crippen LogP contribution is -2.50. The molecular weight excluding hydrogens is 402 g/mol. The second-order valence-corrected chi connectivity index (χ2v) is 8.59. The van der Waals surface area contributed by atoms with Gasteiger partial charge in [-0.05, 0) is 61.2 Å². The maximum atomic E-state index is 12.6. The quantitative estimate of drug-likeness (QED) is 0.621. The fourth-order valence-corrected chi connectivity index (χ4v) is 4.19. The molecule has 1 aliphatic heterocycles. The first-order chi connectivity index (χ1) is 15.7. The Balaban J connectivity index is 1.15. The number of anilines is 2. The highest BCUT2D eigenvalue weighted by Crippen LogP contribution is 2.36. The van der Waals surface area contributed by atoms with Gasteiger partial charge in [0.05, 0.1) is 0 Å². The summed E-state index contributed by atoms with van der Waals surface area (Å²) in [7, 11) is 0. The van der Waals surface area contributed by atoms with E-state index in [1.54, 1.807) is 0 Å². The molecule has 2 aromatic carbocycles. The number of aryl methyl sites for hydroxylation is 1. The smallest absolute Gasteiger partial charge is 0.321 e. The van der Waals surface area contributed by atoms with Gasteiger partial charge in [-0.25, -0.2) is 4.79 Å². The largest absolute Gasteiger partial charge is 0.368 e. The lowest BCUT2D eigenvalue weighted by Gasteiger charge is -2.36. The first-order valence-electron chi connectivity index (χ1n) is 11.5. The molecule has 2 amide bonds. The highest BCUT2D eigenvalue weighted by Gasteiger charge is 2.26. The predicted molar refractivity (Wildman–Crippen MR) is 125 cm³/mol. The minimum absolute atomic E-state index is 0.0383. The van der Waals surface area contributed by atoms with Gasteiger partial charge in [-0.3, -0.25) is 0 Å². The molecule has 1 aromatic heterocycles. The predicted octanol–water partition coefficient (Wildman–Crippen LogP) is 4.92. The molecular formula is C25H29N5O2. The van der Waals surface area contributed by atoms with Gasteiger partial charge in [0.15, 0.2) is 0 Å². The number of carbonyl (C=O) groups excluding carboxylic acids is 1. The van der Waals surface area contributed by atoms with Crippen LogP contribution in [-0.2, 0) is 6.42 Å². The van der Waals surface area contributed by atoms with Crippen LogP contribution >= 0.6 is 0 Å². The zero-order valence-corrected chi connectivity index (χ0v) is 18.5. The molecule has 7 nitrogen and oxygen atoms in total. The molecule has 1 saturated carbocycles. The number of benzene rings is 2. The van der Waals surface area contributed by atoms with E-state index >= 15 is 0 Å². The fraction of sp³-hybridized carbons (Fsp3) is 0.400. The van der Waals surface area contributed by atoms with Crippen molar-refractivity contribution < 1.29 is 9.32 Å². The van der Waals surface area contributed by atoms with E-state index in [1.165, 1.54) is 12.0 Å². The van der Waals surface area contributed by atoms with Crippen molar-refractivity contribution in [1.82, 2.24) is 15.0 Å². The van der Waals surface area contributed by atoms with Crippen molar-refractivity contribution in [2.75, 3.05) is 36.4 Å². The molecule has 2 fully saturated rings. The number of hydrogen-bond donors (Lipinski definition) is 1. The second-order valence-electron chi connectivity index (χ2n) is 8.59. The number of piperazine rings is 1. The average molecular weight is 432 g/mol. The Morgan fingerprint density at radius 1 is 1.03 bits per heavy atom. The highest BCUT2D eigenvalue weighted by molar-refractivity contribution is 5.89. The van der Waals surface area contributed by atoms with Crippen molar-refractivity contribution in [2.45, 2.75) is 38.5 Å². The monoisotopic (exact) mass is 431 g/mol. The first kappa shape index (κ1) is 20.5. The van der Waals surface area contributed by atoms with Crippen LogP contribution in [0.3, 0.4) is 0 Å². The van der Waals surface area contributed by atoms with E-state index in [-0.39, 0.29) is 6.03 Å². The molecule has 32 heavy (non-hydrogen) atoms. The van der Waals surface area contributed by atoms with Crippen molar-refractivity contribution in [2.24, 2.45) is 0 Å². The number of amides is 2. The lowest BCUT2D eigenvalue weighted by atomic mass is 9.85. The number of rotatable bonds is 5. The van der Waals surface area contributed by atoms with Gasteiger partial charge in [-0.2, -0.15) is 4.98 Å². The number of urea groups is 1. The SMILES string of the molecule is CCc1ccc(NC(=O)N2CCN(c3ccc(-c4noc(C5CCC5)n4)cc3)CC2)cc1. The first-order valence-corrected chi connectivity index (χ1v) is 11.5. The molecule has 0 radical (unpaired) electrons. The second kappa shape index (κ2) is 9.02. The molecule has 2 heterocycles. The van der Waals surface area contributed by atoms with Crippen LogP contribution in [0, 0.1) is 0 Å². The molecule has 166 valence electrons. The molecule has 5 rings (SSSR count). The van der Waals surface area contributed by atoms with Crippen molar-refractivity contribution >= 4 is 17.4 Å². The molecule has 0 unspecified atom stereocenters. The van der Waals surface area contributed by atoms with E-state index < -0.39 is 0 Å². The van der Waals surface area contributed by atoms with E-state index in [0.717, 1.165) is 55.2 Å². The van der Waals surface area contributed by atoms with Crippen LogP contribution in [0.25, 0.3) is 11.4 Å². The van der Waals surface area contributed by atoms with E-state index in [4.69, 9.17) is 4.52 Å². The van der Waals surface area contributed by atoms with Crippen LogP contribution in [0.1, 0.15) is 43.6 Å². The zero-order valence-electron chi connectivity index (χ0n) is 18.5. The van der Waals surface area contributed by atoms with E-state index in [0.29, 0.717) is 24.8 Å². The topological polar surface area (TPSA) is 74.5 Å². The van der Waals surface area contributed by atoms with Crippen molar-refractivity contribution in [3.05, 3.63) is 60.0 Å². The maximum Gasteiger partial charge on any atom is 0.321 e. The van der Waals surface area contributed by atoms with Gasteiger partial charge in [0, 0.05) is 49.0 Å². The minimum Gasteiger partial charge on any atom is -0.368 e.